The molecule has 0 bridgehead atoms. The van der Waals surface area contributed by atoms with Crippen LogP contribution in [0.5, 0.6) is 0 Å². The molecular weight excluding hydrogens is 256 g/mol. The largest absolute Gasteiger partial charge is 0.357 e. The van der Waals surface area contributed by atoms with Gasteiger partial charge < -0.3 is 5.32 Å². The number of hydrogen-bond donors (Lipinski definition) is 1. The number of rotatable bonds is 3. The van der Waals surface area contributed by atoms with Crippen LogP contribution in [0.25, 0.3) is 0 Å². The van der Waals surface area contributed by atoms with E-state index in [1.165, 1.54) is 17.8 Å². The average Bonchev–Trinajstić information content (AvgIpc) is 2.33. The Morgan fingerprint density at radius 1 is 1.11 bits per heavy atom. The van der Waals surface area contributed by atoms with Crippen molar-refractivity contribution in [3.05, 3.63) is 41.6 Å². The average molecular weight is 267 g/mol. The monoisotopic (exact) mass is 267 g/mol. The number of anilines is 1. The minimum Gasteiger partial charge on any atom is -0.357 e. The molecule has 0 aliphatic carbocycles. The number of halogens is 2. The first kappa shape index (κ1) is 12.8. The first-order valence-electron chi connectivity index (χ1n) is 5.25. The summed E-state index contributed by atoms with van der Waals surface area (Å²) in [6.07, 6.45) is 0. The van der Waals surface area contributed by atoms with Gasteiger partial charge in [-0.15, -0.1) is 0 Å². The van der Waals surface area contributed by atoms with Crippen LogP contribution < -0.4 is 5.32 Å². The first-order chi connectivity index (χ1) is 8.58. The normalized spacial score (nSPS) is 10.4. The third kappa shape index (κ3) is 2.95. The molecule has 1 aromatic heterocycles. The molecule has 94 valence electrons. The zero-order chi connectivity index (χ0) is 13.1. The van der Waals surface area contributed by atoms with E-state index in [-0.39, 0.29) is 0 Å². The lowest BCUT2D eigenvalue weighted by atomic mass is 10.3. The fourth-order valence-corrected chi connectivity index (χ4v) is 2.27. The Hall–Kier alpha value is -1.69. The van der Waals surface area contributed by atoms with E-state index >= 15 is 0 Å². The van der Waals surface area contributed by atoms with Crippen LogP contribution in [-0.2, 0) is 0 Å². The van der Waals surface area contributed by atoms with Crippen LogP contribution >= 0.6 is 11.8 Å². The van der Waals surface area contributed by atoms with E-state index in [0.717, 1.165) is 17.8 Å². The fraction of sp³-hybridized carbons (Fsp3) is 0.167. The highest BCUT2D eigenvalue weighted by Crippen LogP contribution is 2.28. The van der Waals surface area contributed by atoms with Crippen LogP contribution in [0.15, 0.2) is 34.2 Å². The van der Waals surface area contributed by atoms with Gasteiger partial charge in [-0.2, -0.15) is 0 Å². The molecule has 2 rings (SSSR count). The van der Waals surface area contributed by atoms with Crippen LogP contribution in [-0.4, -0.2) is 17.0 Å². The lowest BCUT2D eigenvalue weighted by molar-refractivity contribution is 0.506. The summed E-state index contributed by atoms with van der Waals surface area (Å²) in [5.74, 6) is -1.21. The third-order valence-corrected chi connectivity index (χ3v) is 3.08. The molecule has 1 aromatic carbocycles. The van der Waals surface area contributed by atoms with Crippen LogP contribution in [0.2, 0.25) is 0 Å². The molecule has 0 fully saturated rings. The fourth-order valence-electron chi connectivity index (χ4n) is 1.36. The van der Waals surface area contributed by atoms with E-state index in [1.807, 2.05) is 6.92 Å². The Kier molecular flexibility index (Phi) is 3.76. The van der Waals surface area contributed by atoms with Crippen molar-refractivity contribution in [3.63, 3.8) is 0 Å². The maximum Gasteiger partial charge on any atom is 0.223 e. The number of aryl methyl sites for hydroxylation is 1. The maximum absolute atomic E-state index is 13.1. The molecular formula is C12H11F2N3S. The van der Waals surface area contributed by atoms with E-state index < -0.39 is 11.6 Å². The van der Waals surface area contributed by atoms with Crippen molar-refractivity contribution in [2.24, 2.45) is 0 Å². The van der Waals surface area contributed by atoms with Gasteiger partial charge in [-0.3, -0.25) is 0 Å². The summed E-state index contributed by atoms with van der Waals surface area (Å²) in [7, 11) is 1.72. The van der Waals surface area contributed by atoms with Gasteiger partial charge in [0.15, 0.2) is 11.6 Å². The summed E-state index contributed by atoms with van der Waals surface area (Å²) < 4.78 is 25.9. The van der Waals surface area contributed by atoms with Gasteiger partial charge in [-0.1, -0.05) is 11.8 Å². The minimum atomic E-state index is -0.861. The van der Waals surface area contributed by atoms with Gasteiger partial charge in [0.1, 0.15) is 5.03 Å². The molecule has 6 heteroatoms. The molecule has 0 unspecified atom stereocenters. The van der Waals surface area contributed by atoms with E-state index in [1.54, 1.807) is 13.1 Å². The van der Waals surface area contributed by atoms with Crippen molar-refractivity contribution in [1.82, 2.24) is 9.97 Å². The van der Waals surface area contributed by atoms with Crippen molar-refractivity contribution in [3.8, 4) is 0 Å². The smallest absolute Gasteiger partial charge is 0.223 e. The van der Waals surface area contributed by atoms with Crippen LogP contribution in [0.4, 0.5) is 14.7 Å². The second-order valence-electron chi connectivity index (χ2n) is 3.60. The second-order valence-corrected chi connectivity index (χ2v) is 4.69. The molecule has 0 aliphatic heterocycles. The molecule has 3 nitrogen and oxygen atoms in total. The van der Waals surface area contributed by atoms with Gasteiger partial charge >= 0.3 is 0 Å². The lowest BCUT2D eigenvalue weighted by Gasteiger charge is -2.05. The van der Waals surface area contributed by atoms with Gasteiger partial charge in [0.05, 0.1) is 0 Å². The van der Waals surface area contributed by atoms with Crippen LogP contribution in [0.3, 0.4) is 0 Å². The van der Waals surface area contributed by atoms with Crippen molar-refractivity contribution < 1.29 is 8.78 Å². The quantitative estimate of drug-likeness (QED) is 0.866. The van der Waals surface area contributed by atoms with Crippen LogP contribution in [0.1, 0.15) is 5.69 Å². The summed E-state index contributed by atoms with van der Waals surface area (Å²) in [4.78, 5) is 8.97. The summed E-state index contributed by atoms with van der Waals surface area (Å²) in [6, 6.07) is 5.55. The summed E-state index contributed by atoms with van der Waals surface area (Å²) in [5, 5.41) is 3.52. The Labute approximate surface area is 108 Å². The summed E-state index contributed by atoms with van der Waals surface area (Å²) in [5.41, 5.74) is 0.805. The van der Waals surface area contributed by atoms with Gasteiger partial charge in [-0.25, -0.2) is 18.7 Å². The van der Waals surface area contributed by atoms with Crippen LogP contribution in [0, 0.1) is 18.6 Å². The summed E-state index contributed by atoms with van der Waals surface area (Å²) >= 11 is 1.26. The lowest BCUT2D eigenvalue weighted by Crippen LogP contribution is -1.98. The van der Waals surface area contributed by atoms with Gasteiger partial charge in [0.25, 0.3) is 0 Å². The predicted molar refractivity (Wildman–Crippen MR) is 66.8 cm³/mol. The highest BCUT2D eigenvalue weighted by atomic mass is 32.2. The molecule has 0 atom stereocenters. The predicted octanol–water partition coefficient (Wildman–Crippen LogP) is 3.26. The highest BCUT2D eigenvalue weighted by Gasteiger charge is 2.06. The molecule has 0 saturated carbocycles. The number of nitrogens with one attached hydrogen (secondary N) is 1. The van der Waals surface area contributed by atoms with Gasteiger partial charge in [-0.05, 0) is 31.2 Å². The molecule has 0 spiro atoms. The number of hydrogen-bond acceptors (Lipinski definition) is 4. The third-order valence-electron chi connectivity index (χ3n) is 2.17. The Morgan fingerprint density at radius 2 is 1.89 bits per heavy atom. The molecule has 0 amide bonds. The zero-order valence-corrected chi connectivity index (χ0v) is 10.7. The van der Waals surface area contributed by atoms with Gasteiger partial charge in [0, 0.05) is 17.6 Å². The number of nitrogens with zero attached hydrogens (tertiary/aromatic N) is 2. The van der Waals surface area contributed by atoms with Crippen molar-refractivity contribution >= 4 is 17.7 Å². The standard InChI is InChI=1S/C12H11F2N3S/c1-7-5-11(17-12(15-2)16-7)18-8-3-4-9(13)10(14)6-8/h3-6H,1-2H3,(H,15,16,17). The molecule has 0 aliphatic rings. The molecule has 2 aromatic rings. The molecule has 1 heterocycles. The van der Waals surface area contributed by atoms with Crippen molar-refractivity contribution in [2.45, 2.75) is 16.8 Å². The molecule has 0 radical (unpaired) electrons. The number of benzene rings is 1. The first-order valence-corrected chi connectivity index (χ1v) is 6.06. The summed E-state index contributed by atoms with van der Waals surface area (Å²) in [6.45, 7) is 1.85. The number of aromatic nitrogens is 2. The van der Waals surface area contributed by atoms with Gasteiger partial charge in [0.2, 0.25) is 5.95 Å². The van der Waals surface area contributed by atoms with E-state index in [4.69, 9.17) is 0 Å². The topological polar surface area (TPSA) is 37.8 Å². The molecule has 0 saturated heterocycles. The zero-order valence-electron chi connectivity index (χ0n) is 9.87. The van der Waals surface area contributed by atoms with Crippen molar-refractivity contribution in [2.75, 3.05) is 12.4 Å². The molecule has 1 N–H and O–H groups in total. The van der Waals surface area contributed by atoms with E-state index in [0.29, 0.717) is 15.9 Å². The Balaban J connectivity index is 2.27. The van der Waals surface area contributed by atoms with E-state index in [9.17, 15) is 8.78 Å². The minimum absolute atomic E-state index is 0.500. The highest BCUT2D eigenvalue weighted by molar-refractivity contribution is 7.99. The van der Waals surface area contributed by atoms with Crippen molar-refractivity contribution in [1.29, 1.82) is 0 Å². The van der Waals surface area contributed by atoms with E-state index in [2.05, 4.69) is 15.3 Å². The molecule has 18 heavy (non-hydrogen) atoms. The Morgan fingerprint density at radius 3 is 2.56 bits per heavy atom. The second kappa shape index (κ2) is 5.30. The Bertz CT molecular complexity index is 575. The maximum atomic E-state index is 13.1. The SMILES string of the molecule is CNc1nc(C)cc(Sc2ccc(F)c(F)c2)n1.